The maximum absolute atomic E-state index is 12.5. The first kappa shape index (κ1) is 16.6. The first-order valence-corrected chi connectivity index (χ1v) is 9.04. The van der Waals surface area contributed by atoms with Crippen LogP contribution in [-0.2, 0) is 9.59 Å². The summed E-state index contributed by atoms with van der Waals surface area (Å²) in [6, 6.07) is 7.35. The third kappa shape index (κ3) is 3.29. The highest BCUT2D eigenvalue weighted by atomic mass is 16.5. The van der Waals surface area contributed by atoms with E-state index in [4.69, 9.17) is 4.74 Å². The molecule has 1 unspecified atom stereocenters. The van der Waals surface area contributed by atoms with Gasteiger partial charge in [0.25, 0.3) is 5.91 Å². The smallest absolute Gasteiger partial charge is 0.261 e. The Morgan fingerprint density at radius 1 is 1.23 bits per heavy atom. The molecule has 2 aliphatic rings. The molecule has 0 aliphatic carbocycles. The van der Waals surface area contributed by atoms with Gasteiger partial charge in [0.05, 0.1) is 6.04 Å². The molecule has 0 saturated carbocycles. The van der Waals surface area contributed by atoms with Crippen molar-refractivity contribution in [2.75, 3.05) is 24.6 Å². The van der Waals surface area contributed by atoms with Gasteiger partial charge in [0.15, 0.2) is 6.61 Å². The van der Waals surface area contributed by atoms with Crippen molar-refractivity contribution in [2.45, 2.75) is 31.7 Å². The Bertz CT molecular complexity index is 773. The van der Waals surface area contributed by atoms with Crippen molar-refractivity contribution in [3.63, 3.8) is 0 Å². The van der Waals surface area contributed by atoms with E-state index >= 15 is 0 Å². The lowest BCUT2D eigenvalue weighted by molar-refractivity contribution is -0.134. The number of H-pyrrole nitrogens is 1. The van der Waals surface area contributed by atoms with E-state index in [0.29, 0.717) is 12.2 Å². The van der Waals surface area contributed by atoms with E-state index in [1.165, 1.54) is 0 Å². The highest BCUT2D eigenvalue weighted by molar-refractivity contribution is 5.95. The Labute approximate surface area is 152 Å². The number of nitrogens with one attached hydrogen (secondary N) is 1. The van der Waals surface area contributed by atoms with Crippen LogP contribution in [0.1, 0.15) is 37.5 Å². The molecule has 0 radical (unpaired) electrons. The standard InChI is InChI=1S/C19H22N4O3/c24-17-4-2-11-22(17)14-5-7-15(8-6-14)26-13-18(25)23-12-1-3-16(23)19-20-9-10-21-19/h5-10,16H,1-4,11-13H2,(H,20,21). The highest BCUT2D eigenvalue weighted by Crippen LogP contribution is 2.30. The zero-order chi connectivity index (χ0) is 17.9. The van der Waals surface area contributed by atoms with Gasteiger partial charge in [-0.15, -0.1) is 0 Å². The summed E-state index contributed by atoms with van der Waals surface area (Å²) in [5.41, 5.74) is 0.878. The number of carbonyl (C=O) groups is 2. The average Bonchev–Trinajstić information content (AvgIpc) is 3.40. The summed E-state index contributed by atoms with van der Waals surface area (Å²) in [6.07, 6.45) is 6.88. The Kier molecular flexibility index (Phi) is 4.60. The fourth-order valence-corrected chi connectivity index (χ4v) is 3.68. The van der Waals surface area contributed by atoms with E-state index in [2.05, 4.69) is 9.97 Å². The predicted molar refractivity (Wildman–Crippen MR) is 95.8 cm³/mol. The molecule has 1 aromatic heterocycles. The lowest BCUT2D eigenvalue weighted by Gasteiger charge is -2.23. The van der Waals surface area contributed by atoms with Crippen LogP contribution in [0.2, 0.25) is 0 Å². The van der Waals surface area contributed by atoms with Crippen molar-refractivity contribution in [2.24, 2.45) is 0 Å². The monoisotopic (exact) mass is 354 g/mol. The Morgan fingerprint density at radius 2 is 2.08 bits per heavy atom. The normalized spacial score (nSPS) is 20.0. The number of amides is 2. The SMILES string of the molecule is O=C1CCCN1c1ccc(OCC(=O)N2CCCC2c2ncc[nH]2)cc1. The van der Waals surface area contributed by atoms with Gasteiger partial charge < -0.3 is 19.5 Å². The summed E-state index contributed by atoms with van der Waals surface area (Å²) in [7, 11) is 0. The van der Waals surface area contributed by atoms with Crippen LogP contribution >= 0.6 is 0 Å². The Balaban J connectivity index is 1.35. The molecule has 0 bridgehead atoms. The predicted octanol–water partition coefficient (Wildman–Crippen LogP) is 2.28. The van der Waals surface area contributed by atoms with Crippen LogP contribution in [0.4, 0.5) is 5.69 Å². The van der Waals surface area contributed by atoms with Crippen molar-refractivity contribution < 1.29 is 14.3 Å². The number of aromatic amines is 1. The Hall–Kier alpha value is -2.83. The van der Waals surface area contributed by atoms with Gasteiger partial charge in [0.1, 0.15) is 11.6 Å². The van der Waals surface area contributed by atoms with E-state index in [-0.39, 0.29) is 24.5 Å². The van der Waals surface area contributed by atoms with Crippen LogP contribution in [-0.4, -0.2) is 46.4 Å². The maximum atomic E-state index is 12.5. The molecule has 2 fully saturated rings. The van der Waals surface area contributed by atoms with Crippen LogP contribution in [0.25, 0.3) is 0 Å². The minimum absolute atomic E-state index is 0.000794. The van der Waals surface area contributed by atoms with Gasteiger partial charge in [-0.1, -0.05) is 0 Å². The summed E-state index contributed by atoms with van der Waals surface area (Å²) in [5, 5.41) is 0. The molecular weight excluding hydrogens is 332 g/mol. The van der Waals surface area contributed by atoms with Gasteiger partial charge in [0, 0.05) is 37.6 Å². The van der Waals surface area contributed by atoms with Crippen molar-refractivity contribution in [3.8, 4) is 5.75 Å². The van der Waals surface area contributed by atoms with Gasteiger partial charge in [-0.3, -0.25) is 9.59 Å². The van der Waals surface area contributed by atoms with Gasteiger partial charge in [-0.25, -0.2) is 4.98 Å². The molecule has 136 valence electrons. The lowest BCUT2D eigenvalue weighted by atomic mass is 10.2. The van der Waals surface area contributed by atoms with Crippen LogP contribution in [0.5, 0.6) is 5.75 Å². The van der Waals surface area contributed by atoms with Gasteiger partial charge >= 0.3 is 0 Å². The van der Waals surface area contributed by atoms with Crippen molar-refractivity contribution >= 4 is 17.5 Å². The first-order chi connectivity index (χ1) is 12.7. The van der Waals surface area contributed by atoms with Crippen molar-refractivity contribution in [3.05, 3.63) is 42.5 Å². The second-order valence-corrected chi connectivity index (χ2v) is 6.65. The second-order valence-electron chi connectivity index (χ2n) is 6.65. The summed E-state index contributed by atoms with van der Waals surface area (Å²) >= 11 is 0. The highest BCUT2D eigenvalue weighted by Gasteiger charge is 2.31. The molecule has 0 spiro atoms. The maximum Gasteiger partial charge on any atom is 0.261 e. The number of ether oxygens (including phenoxy) is 1. The number of likely N-dealkylation sites (tertiary alicyclic amines) is 1. The van der Waals surface area contributed by atoms with Crippen LogP contribution in [0.3, 0.4) is 0 Å². The van der Waals surface area contributed by atoms with Crippen LogP contribution in [0.15, 0.2) is 36.7 Å². The van der Waals surface area contributed by atoms with Gasteiger partial charge in [-0.05, 0) is 43.5 Å². The van der Waals surface area contributed by atoms with E-state index in [9.17, 15) is 9.59 Å². The number of imidazole rings is 1. The van der Waals surface area contributed by atoms with Crippen molar-refractivity contribution in [1.82, 2.24) is 14.9 Å². The van der Waals surface area contributed by atoms with Gasteiger partial charge in [-0.2, -0.15) is 0 Å². The number of aromatic nitrogens is 2. The van der Waals surface area contributed by atoms with Crippen LogP contribution in [0, 0.1) is 0 Å². The quantitative estimate of drug-likeness (QED) is 0.893. The molecule has 26 heavy (non-hydrogen) atoms. The summed E-state index contributed by atoms with van der Waals surface area (Å²) < 4.78 is 5.67. The number of hydrogen-bond acceptors (Lipinski definition) is 4. The molecule has 2 amide bonds. The average molecular weight is 354 g/mol. The number of nitrogens with zero attached hydrogens (tertiary/aromatic N) is 3. The molecule has 2 aromatic rings. The molecular formula is C19H22N4O3. The zero-order valence-electron chi connectivity index (χ0n) is 14.6. The largest absolute Gasteiger partial charge is 0.484 e. The van der Waals surface area contributed by atoms with E-state index in [1.807, 2.05) is 29.2 Å². The molecule has 3 heterocycles. The number of anilines is 1. The molecule has 4 rings (SSSR count). The number of hydrogen-bond donors (Lipinski definition) is 1. The van der Waals surface area contributed by atoms with Crippen LogP contribution < -0.4 is 9.64 Å². The first-order valence-electron chi connectivity index (χ1n) is 9.04. The number of carbonyl (C=O) groups excluding carboxylic acids is 2. The molecule has 1 atom stereocenters. The summed E-state index contributed by atoms with van der Waals surface area (Å²) in [4.78, 5) is 35.3. The fourth-order valence-electron chi connectivity index (χ4n) is 3.68. The minimum Gasteiger partial charge on any atom is -0.484 e. The summed E-state index contributed by atoms with van der Waals surface area (Å²) in [5.74, 6) is 1.58. The van der Waals surface area contributed by atoms with Gasteiger partial charge in [0.2, 0.25) is 5.91 Å². The third-order valence-corrected chi connectivity index (χ3v) is 4.99. The molecule has 1 N–H and O–H groups in total. The second kappa shape index (κ2) is 7.19. The van der Waals surface area contributed by atoms with Crippen molar-refractivity contribution in [1.29, 1.82) is 0 Å². The molecule has 1 aromatic carbocycles. The zero-order valence-corrected chi connectivity index (χ0v) is 14.6. The summed E-state index contributed by atoms with van der Waals surface area (Å²) in [6.45, 7) is 1.49. The minimum atomic E-state index is -0.0392. The molecule has 7 nitrogen and oxygen atoms in total. The van der Waals surface area contributed by atoms with E-state index < -0.39 is 0 Å². The number of benzene rings is 1. The van der Waals surface area contributed by atoms with E-state index in [1.54, 1.807) is 17.3 Å². The molecule has 2 saturated heterocycles. The van der Waals surface area contributed by atoms with E-state index in [0.717, 1.165) is 43.9 Å². The molecule has 7 heteroatoms. The molecule has 2 aliphatic heterocycles. The topological polar surface area (TPSA) is 78.5 Å². The lowest BCUT2D eigenvalue weighted by Crippen LogP contribution is -2.34. The Morgan fingerprint density at radius 3 is 2.77 bits per heavy atom. The third-order valence-electron chi connectivity index (χ3n) is 4.99. The number of rotatable bonds is 5. The fraction of sp³-hybridized carbons (Fsp3) is 0.421.